The molecule has 1 aromatic heterocycles. The second-order valence-electron chi connectivity index (χ2n) is 6.01. The molecule has 0 saturated carbocycles. The number of piperidine rings is 1. The molecule has 23 heavy (non-hydrogen) atoms. The first-order chi connectivity index (χ1) is 10.7. The molecule has 8 heteroatoms. The molecule has 1 amide bonds. The molecule has 0 spiro atoms. The molecule has 2 heterocycles. The van der Waals surface area contributed by atoms with Crippen LogP contribution in [0.4, 0.5) is 0 Å². The van der Waals surface area contributed by atoms with Crippen LogP contribution in [0.15, 0.2) is 30.6 Å². The minimum Gasteiger partial charge on any atom is -0.351 e. The number of rotatable bonds is 4. The third-order valence-electron chi connectivity index (χ3n) is 4.23. The average molecular weight is 337 g/mol. The number of hydrogen-bond donors (Lipinski definition) is 2. The van der Waals surface area contributed by atoms with Crippen LogP contribution in [0.5, 0.6) is 0 Å². The molecule has 1 saturated heterocycles. The summed E-state index contributed by atoms with van der Waals surface area (Å²) in [6.45, 7) is 4.92. The van der Waals surface area contributed by atoms with Gasteiger partial charge in [-0.05, 0) is 53.9 Å². The van der Waals surface area contributed by atoms with Crippen molar-refractivity contribution < 1.29 is 4.79 Å². The van der Waals surface area contributed by atoms with Crippen LogP contribution in [0.1, 0.15) is 30.1 Å². The quantitative estimate of drug-likeness (QED) is 0.876. The molecule has 1 aromatic carbocycles. The lowest BCUT2D eigenvalue weighted by molar-refractivity contribution is 0.0922. The van der Waals surface area contributed by atoms with Crippen LogP contribution >= 0.6 is 12.4 Å². The predicted octanol–water partition coefficient (Wildman–Crippen LogP) is 1.20. The number of benzene rings is 1. The van der Waals surface area contributed by atoms with E-state index in [0.717, 1.165) is 25.9 Å². The zero-order valence-corrected chi connectivity index (χ0v) is 13.8. The molecule has 0 atom stereocenters. The van der Waals surface area contributed by atoms with Crippen molar-refractivity contribution in [3.8, 4) is 5.69 Å². The molecule has 2 aromatic rings. The first kappa shape index (κ1) is 17.4. The fourth-order valence-corrected chi connectivity index (χ4v) is 2.73. The molecule has 1 aliphatic heterocycles. The van der Waals surface area contributed by atoms with Gasteiger partial charge in [-0.2, -0.15) is 4.68 Å². The second-order valence-corrected chi connectivity index (χ2v) is 6.01. The van der Waals surface area contributed by atoms with Gasteiger partial charge < -0.3 is 10.6 Å². The fourth-order valence-electron chi connectivity index (χ4n) is 2.73. The van der Waals surface area contributed by atoms with Gasteiger partial charge in [0.05, 0.1) is 11.3 Å². The zero-order chi connectivity index (χ0) is 15.4. The van der Waals surface area contributed by atoms with Crippen molar-refractivity contribution in [1.29, 1.82) is 0 Å². The summed E-state index contributed by atoms with van der Waals surface area (Å²) in [4.78, 5) is 12.5. The van der Waals surface area contributed by atoms with E-state index in [1.54, 1.807) is 6.07 Å². The van der Waals surface area contributed by atoms with Crippen molar-refractivity contribution in [2.75, 3.05) is 19.6 Å². The van der Waals surface area contributed by atoms with E-state index in [2.05, 4.69) is 33.1 Å². The smallest absolute Gasteiger partial charge is 0.253 e. The van der Waals surface area contributed by atoms with Gasteiger partial charge in [0.15, 0.2) is 0 Å². The van der Waals surface area contributed by atoms with E-state index in [0.29, 0.717) is 17.8 Å². The highest BCUT2D eigenvalue weighted by atomic mass is 35.5. The van der Waals surface area contributed by atoms with E-state index < -0.39 is 0 Å². The van der Waals surface area contributed by atoms with Gasteiger partial charge >= 0.3 is 0 Å². The Labute approximate surface area is 141 Å². The van der Waals surface area contributed by atoms with Gasteiger partial charge in [0, 0.05) is 6.54 Å². The third kappa shape index (κ3) is 4.05. The van der Waals surface area contributed by atoms with Crippen molar-refractivity contribution in [2.24, 2.45) is 5.41 Å². The first-order valence-corrected chi connectivity index (χ1v) is 7.49. The van der Waals surface area contributed by atoms with E-state index in [4.69, 9.17) is 0 Å². The van der Waals surface area contributed by atoms with Gasteiger partial charge in [0.2, 0.25) is 0 Å². The monoisotopic (exact) mass is 336 g/mol. The maximum absolute atomic E-state index is 12.5. The summed E-state index contributed by atoms with van der Waals surface area (Å²) in [5, 5.41) is 17.5. The molecular weight excluding hydrogens is 316 g/mol. The Kier molecular flexibility index (Phi) is 5.68. The summed E-state index contributed by atoms with van der Waals surface area (Å²) >= 11 is 0. The summed E-state index contributed by atoms with van der Waals surface area (Å²) in [6, 6.07) is 7.32. The molecule has 3 rings (SSSR count). The lowest BCUT2D eigenvalue weighted by Gasteiger charge is -2.34. The summed E-state index contributed by atoms with van der Waals surface area (Å²) in [6.07, 6.45) is 3.63. The second kappa shape index (κ2) is 7.52. The van der Waals surface area contributed by atoms with Gasteiger partial charge in [-0.25, -0.2) is 0 Å². The Hall–Kier alpha value is -1.99. The Bertz CT molecular complexity index is 639. The largest absolute Gasteiger partial charge is 0.351 e. The first-order valence-electron chi connectivity index (χ1n) is 7.49. The Morgan fingerprint density at radius 1 is 1.35 bits per heavy atom. The van der Waals surface area contributed by atoms with E-state index >= 15 is 0 Å². The van der Waals surface area contributed by atoms with E-state index in [1.807, 2.05) is 18.2 Å². The van der Waals surface area contributed by atoms with Crippen molar-refractivity contribution >= 4 is 18.3 Å². The van der Waals surface area contributed by atoms with Crippen LogP contribution in [0.2, 0.25) is 0 Å². The number of hydrogen-bond acceptors (Lipinski definition) is 5. The van der Waals surface area contributed by atoms with E-state index in [1.165, 1.54) is 11.0 Å². The van der Waals surface area contributed by atoms with Crippen LogP contribution in [0.25, 0.3) is 5.69 Å². The summed E-state index contributed by atoms with van der Waals surface area (Å²) < 4.78 is 1.50. The maximum atomic E-state index is 12.5. The van der Waals surface area contributed by atoms with Crippen molar-refractivity contribution in [3.63, 3.8) is 0 Å². The molecule has 0 unspecified atom stereocenters. The standard InChI is InChI=1S/C15H20N6O.ClH/c1-15(6-8-16-9-7-15)10-17-14(22)12-4-2-3-5-13(12)21-11-18-19-20-21;/h2-5,11,16H,6-10H2,1H3,(H,17,22);1H. The van der Waals surface area contributed by atoms with E-state index in [9.17, 15) is 4.79 Å². The number of para-hydroxylation sites is 1. The SMILES string of the molecule is CC1(CNC(=O)c2ccccc2-n2cnnn2)CCNCC1.Cl. The Morgan fingerprint density at radius 2 is 2.09 bits per heavy atom. The zero-order valence-electron chi connectivity index (χ0n) is 13.0. The number of carbonyl (C=O) groups is 1. The molecule has 7 nitrogen and oxygen atoms in total. The number of nitrogens with one attached hydrogen (secondary N) is 2. The molecule has 124 valence electrons. The number of halogens is 1. The number of nitrogens with zero attached hydrogens (tertiary/aromatic N) is 4. The summed E-state index contributed by atoms with van der Waals surface area (Å²) in [5.41, 5.74) is 1.41. The highest BCUT2D eigenvalue weighted by Crippen LogP contribution is 2.26. The molecule has 2 N–H and O–H groups in total. The topological polar surface area (TPSA) is 84.7 Å². The van der Waals surface area contributed by atoms with Crippen molar-refractivity contribution in [2.45, 2.75) is 19.8 Å². The number of amides is 1. The van der Waals surface area contributed by atoms with Crippen LogP contribution in [-0.2, 0) is 0 Å². The Morgan fingerprint density at radius 3 is 2.78 bits per heavy atom. The molecular formula is C15H21ClN6O. The number of aromatic nitrogens is 4. The predicted molar refractivity (Wildman–Crippen MR) is 88.9 cm³/mol. The average Bonchev–Trinajstić information content (AvgIpc) is 3.08. The highest BCUT2D eigenvalue weighted by molar-refractivity contribution is 5.97. The molecule has 0 bridgehead atoms. The number of tetrazole rings is 1. The molecule has 1 fully saturated rings. The summed E-state index contributed by atoms with van der Waals surface area (Å²) in [7, 11) is 0. The third-order valence-corrected chi connectivity index (χ3v) is 4.23. The molecule has 0 radical (unpaired) electrons. The van der Waals surface area contributed by atoms with Gasteiger partial charge in [0.25, 0.3) is 5.91 Å². The van der Waals surface area contributed by atoms with Crippen LogP contribution in [-0.4, -0.2) is 45.7 Å². The maximum Gasteiger partial charge on any atom is 0.253 e. The molecule has 1 aliphatic rings. The van der Waals surface area contributed by atoms with Gasteiger partial charge in [-0.1, -0.05) is 19.1 Å². The summed E-state index contributed by atoms with van der Waals surface area (Å²) in [5.74, 6) is -0.0918. The fraction of sp³-hybridized carbons (Fsp3) is 0.467. The minimum atomic E-state index is -0.0918. The normalized spacial score (nSPS) is 16.4. The van der Waals surface area contributed by atoms with Gasteiger partial charge in [-0.15, -0.1) is 17.5 Å². The number of carbonyl (C=O) groups excluding carboxylic acids is 1. The highest BCUT2D eigenvalue weighted by Gasteiger charge is 2.27. The molecule has 0 aliphatic carbocycles. The van der Waals surface area contributed by atoms with Crippen molar-refractivity contribution in [3.05, 3.63) is 36.2 Å². The van der Waals surface area contributed by atoms with Crippen molar-refractivity contribution in [1.82, 2.24) is 30.8 Å². The lowest BCUT2D eigenvalue weighted by atomic mass is 9.81. The Balaban J connectivity index is 0.00000192. The van der Waals surface area contributed by atoms with Crippen LogP contribution in [0.3, 0.4) is 0 Å². The van der Waals surface area contributed by atoms with Gasteiger partial charge in [0.1, 0.15) is 6.33 Å². The minimum absolute atomic E-state index is 0. The van der Waals surface area contributed by atoms with Gasteiger partial charge in [-0.3, -0.25) is 4.79 Å². The van der Waals surface area contributed by atoms with Crippen LogP contribution < -0.4 is 10.6 Å². The van der Waals surface area contributed by atoms with Crippen LogP contribution in [0, 0.1) is 5.41 Å². The lowest BCUT2D eigenvalue weighted by Crippen LogP contribution is -2.43. The van der Waals surface area contributed by atoms with E-state index in [-0.39, 0.29) is 23.7 Å².